The maximum absolute atomic E-state index is 12.7. The van der Waals surface area contributed by atoms with Crippen molar-refractivity contribution in [1.82, 2.24) is 4.98 Å². The van der Waals surface area contributed by atoms with Gasteiger partial charge in [0.25, 0.3) is 0 Å². The molecule has 0 amide bonds. The van der Waals surface area contributed by atoms with Crippen LogP contribution in [0.25, 0.3) is 32.6 Å². The molecule has 0 saturated heterocycles. The average molecular weight is 317 g/mol. The first-order valence-electron chi connectivity index (χ1n) is 8.09. The number of nitrogens with one attached hydrogen (secondary N) is 1. The van der Waals surface area contributed by atoms with Gasteiger partial charge in [-0.3, -0.25) is 0 Å². The molecule has 3 nitrogen and oxygen atoms in total. The molecule has 0 aliphatic carbocycles. The van der Waals surface area contributed by atoms with Crippen molar-refractivity contribution in [1.29, 1.82) is 0 Å². The van der Waals surface area contributed by atoms with Crippen molar-refractivity contribution in [3.8, 4) is 0 Å². The fraction of sp³-hybridized carbons (Fsp3) is 0.190. The van der Waals surface area contributed by atoms with Gasteiger partial charge in [0.05, 0.1) is 11.1 Å². The first kappa shape index (κ1) is 14.8. The number of esters is 1. The van der Waals surface area contributed by atoms with Gasteiger partial charge in [-0.05, 0) is 38.3 Å². The Morgan fingerprint density at radius 3 is 2.21 bits per heavy atom. The molecule has 120 valence electrons. The quantitative estimate of drug-likeness (QED) is 0.476. The number of benzene rings is 3. The minimum atomic E-state index is -0.520. The molecule has 0 radical (unpaired) electrons. The van der Waals surface area contributed by atoms with Crippen molar-refractivity contribution in [2.75, 3.05) is 0 Å². The first-order valence-corrected chi connectivity index (χ1v) is 8.09. The third-order valence-electron chi connectivity index (χ3n) is 4.14. The molecule has 0 unspecified atom stereocenters. The topological polar surface area (TPSA) is 42.1 Å². The van der Waals surface area contributed by atoms with Crippen molar-refractivity contribution in [3.05, 3.63) is 60.2 Å². The van der Waals surface area contributed by atoms with Crippen LogP contribution in [0.1, 0.15) is 31.1 Å². The summed E-state index contributed by atoms with van der Waals surface area (Å²) >= 11 is 0. The Morgan fingerprint density at radius 1 is 0.875 bits per heavy atom. The fourth-order valence-electron chi connectivity index (χ4n) is 3.19. The molecule has 0 spiro atoms. The highest BCUT2D eigenvalue weighted by molar-refractivity contribution is 6.21. The van der Waals surface area contributed by atoms with Crippen LogP contribution in [-0.2, 0) is 4.74 Å². The highest BCUT2D eigenvalue weighted by atomic mass is 16.6. The number of H-pyrrole nitrogens is 1. The van der Waals surface area contributed by atoms with Gasteiger partial charge in [-0.1, -0.05) is 42.5 Å². The van der Waals surface area contributed by atoms with E-state index in [1.807, 2.05) is 63.2 Å². The van der Waals surface area contributed by atoms with E-state index >= 15 is 0 Å². The van der Waals surface area contributed by atoms with Crippen molar-refractivity contribution in [2.24, 2.45) is 0 Å². The second-order valence-corrected chi connectivity index (χ2v) is 7.06. The minimum Gasteiger partial charge on any atom is -0.456 e. The number of fused-ring (bicyclic) bond motifs is 5. The lowest BCUT2D eigenvalue weighted by molar-refractivity contribution is 0.00720. The van der Waals surface area contributed by atoms with Gasteiger partial charge in [-0.2, -0.15) is 0 Å². The lowest BCUT2D eigenvalue weighted by Crippen LogP contribution is -2.24. The highest BCUT2D eigenvalue weighted by Crippen LogP contribution is 2.34. The van der Waals surface area contributed by atoms with Crippen LogP contribution >= 0.6 is 0 Å². The molecular weight excluding hydrogens is 298 g/mol. The predicted octanol–water partition coefficient (Wildman–Crippen LogP) is 5.43. The molecule has 0 bridgehead atoms. The van der Waals surface area contributed by atoms with Crippen molar-refractivity contribution >= 4 is 38.5 Å². The smallest absolute Gasteiger partial charge is 0.339 e. The predicted molar refractivity (Wildman–Crippen MR) is 98.5 cm³/mol. The minimum absolute atomic E-state index is 0.286. The zero-order chi connectivity index (χ0) is 16.9. The van der Waals surface area contributed by atoms with E-state index in [1.165, 1.54) is 0 Å². The number of hydrogen-bond acceptors (Lipinski definition) is 2. The first-order chi connectivity index (χ1) is 11.4. The van der Waals surface area contributed by atoms with Crippen LogP contribution < -0.4 is 0 Å². The number of carbonyl (C=O) groups excluding carboxylic acids is 1. The van der Waals surface area contributed by atoms with Gasteiger partial charge in [-0.15, -0.1) is 0 Å². The van der Waals surface area contributed by atoms with E-state index in [0.717, 1.165) is 32.6 Å². The van der Waals surface area contributed by atoms with Gasteiger partial charge in [0.2, 0.25) is 0 Å². The van der Waals surface area contributed by atoms with Gasteiger partial charge >= 0.3 is 5.97 Å². The van der Waals surface area contributed by atoms with Crippen molar-refractivity contribution in [3.63, 3.8) is 0 Å². The molecule has 1 heterocycles. The Labute approximate surface area is 140 Å². The SMILES string of the molecule is CC(C)(C)OC(=O)c1cc2c3ccccc3[nH]c2c2ccccc12. The van der Waals surface area contributed by atoms with Crippen LogP contribution in [-0.4, -0.2) is 16.6 Å². The number of aromatic nitrogens is 1. The van der Waals surface area contributed by atoms with Gasteiger partial charge in [0.1, 0.15) is 5.60 Å². The van der Waals surface area contributed by atoms with Gasteiger partial charge in [0.15, 0.2) is 0 Å². The highest BCUT2D eigenvalue weighted by Gasteiger charge is 2.21. The lowest BCUT2D eigenvalue weighted by Gasteiger charge is -2.20. The van der Waals surface area contributed by atoms with Crippen LogP contribution in [0, 0.1) is 0 Å². The Bertz CT molecular complexity index is 1080. The summed E-state index contributed by atoms with van der Waals surface area (Å²) in [5.74, 6) is -0.286. The summed E-state index contributed by atoms with van der Waals surface area (Å²) in [6.07, 6.45) is 0. The Morgan fingerprint density at radius 2 is 1.50 bits per heavy atom. The molecule has 24 heavy (non-hydrogen) atoms. The number of ether oxygens (including phenoxy) is 1. The molecule has 4 aromatic rings. The van der Waals surface area contributed by atoms with Crippen LogP contribution in [0.4, 0.5) is 0 Å². The van der Waals surface area contributed by atoms with E-state index in [2.05, 4.69) is 17.1 Å². The van der Waals surface area contributed by atoms with Gasteiger partial charge in [0, 0.05) is 21.7 Å². The molecule has 0 aliphatic rings. The Balaban J connectivity index is 2.08. The molecule has 0 aliphatic heterocycles. The van der Waals surface area contributed by atoms with E-state index in [9.17, 15) is 4.79 Å². The van der Waals surface area contributed by atoms with E-state index in [0.29, 0.717) is 5.56 Å². The van der Waals surface area contributed by atoms with Crippen LogP contribution in [0.5, 0.6) is 0 Å². The number of aromatic amines is 1. The Kier molecular flexibility index (Phi) is 3.14. The molecule has 0 atom stereocenters. The molecule has 3 heteroatoms. The summed E-state index contributed by atoms with van der Waals surface area (Å²) < 4.78 is 5.62. The maximum Gasteiger partial charge on any atom is 0.339 e. The van der Waals surface area contributed by atoms with Crippen molar-refractivity contribution < 1.29 is 9.53 Å². The molecule has 3 aromatic carbocycles. The fourth-order valence-corrected chi connectivity index (χ4v) is 3.19. The lowest BCUT2D eigenvalue weighted by atomic mass is 10.00. The van der Waals surface area contributed by atoms with Crippen LogP contribution in [0.2, 0.25) is 0 Å². The van der Waals surface area contributed by atoms with E-state index in [-0.39, 0.29) is 5.97 Å². The number of rotatable bonds is 1. The van der Waals surface area contributed by atoms with Crippen molar-refractivity contribution in [2.45, 2.75) is 26.4 Å². The summed E-state index contributed by atoms with van der Waals surface area (Å²) in [6, 6.07) is 18.0. The second-order valence-electron chi connectivity index (χ2n) is 7.06. The zero-order valence-corrected chi connectivity index (χ0v) is 14.0. The van der Waals surface area contributed by atoms with Gasteiger partial charge in [-0.25, -0.2) is 4.79 Å². The third-order valence-corrected chi connectivity index (χ3v) is 4.14. The molecule has 4 rings (SSSR count). The summed E-state index contributed by atoms with van der Waals surface area (Å²) in [6.45, 7) is 5.66. The summed E-state index contributed by atoms with van der Waals surface area (Å²) in [5, 5.41) is 4.10. The van der Waals surface area contributed by atoms with E-state index < -0.39 is 5.60 Å². The van der Waals surface area contributed by atoms with Crippen LogP contribution in [0.3, 0.4) is 0 Å². The molecule has 0 fully saturated rings. The van der Waals surface area contributed by atoms with Crippen LogP contribution in [0.15, 0.2) is 54.6 Å². The number of hydrogen-bond donors (Lipinski definition) is 1. The molecule has 0 saturated carbocycles. The molecule has 1 N–H and O–H groups in total. The maximum atomic E-state index is 12.7. The molecular formula is C21H19NO2. The Hall–Kier alpha value is -2.81. The van der Waals surface area contributed by atoms with E-state index in [1.54, 1.807) is 0 Å². The number of para-hydroxylation sites is 1. The summed E-state index contributed by atoms with van der Waals surface area (Å²) in [7, 11) is 0. The molecule has 1 aromatic heterocycles. The number of carbonyl (C=O) groups is 1. The summed E-state index contributed by atoms with van der Waals surface area (Å²) in [5.41, 5.74) is 2.21. The largest absolute Gasteiger partial charge is 0.456 e. The monoisotopic (exact) mass is 317 g/mol. The average Bonchev–Trinajstić information content (AvgIpc) is 2.91. The normalized spacial score (nSPS) is 12.1. The zero-order valence-electron chi connectivity index (χ0n) is 14.0. The standard InChI is InChI=1S/C21H19NO2/c1-21(2,3)24-20(23)17-12-16-14-9-6-7-11-18(14)22-19(16)15-10-5-4-8-13(15)17/h4-12,22H,1-3H3. The summed E-state index contributed by atoms with van der Waals surface area (Å²) in [4.78, 5) is 16.2. The second kappa shape index (κ2) is 5.10. The van der Waals surface area contributed by atoms with E-state index in [4.69, 9.17) is 4.74 Å². The third kappa shape index (κ3) is 2.33. The van der Waals surface area contributed by atoms with Gasteiger partial charge < -0.3 is 9.72 Å².